The molecule has 2 rings (SSSR count). The van der Waals surface area contributed by atoms with Crippen LogP contribution in [0.4, 0.5) is 0 Å². The molecule has 1 unspecified atom stereocenters. The predicted molar refractivity (Wildman–Crippen MR) is 37.7 cm³/mol. The van der Waals surface area contributed by atoms with Gasteiger partial charge in [-0.3, -0.25) is 0 Å². The summed E-state index contributed by atoms with van der Waals surface area (Å²) in [5.41, 5.74) is 0. The minimum atomic E-state index is 0.623. The number of hydrogen-bond donors (Lipinski definition) is 0. The molecular formula is C7H11N3. The maximum absolute atomic E-state index is 4.15. The molecule has 0 N–H and O–H groups in total. The second kappa shape index (κ2) is 2.08. The molecule has 0 aromatic carbocycles. The van der Waals surface area contributed by atoms with E-state index in [4.69, 9.17) is 0 Å². The van der Waals surface area contributed by atoms with E-state index in [0.29, 0.717) is 6.04 Å². The quantitative estimate of drug-likeness (QED) is 0.581. The number of nitrogens with zero attached hydrogens (tertiary/aromatic N) is 3. The molecule has 0 radical (unpaired) electrons. The summed E-state index contributed by atoms with van der Waals surface area (Å²) in [7, 11) is 0. The Kier molecular flexibility index (Phi) is 1.22. The van der Waals surface area contributed by atoms with E-state index < -0.39 is 0 Å². The van der Waals surface area contributed by atoms with Crippen LogP contribution in [0.3, 0.4) is 0 Å². The molecule has 0 bridgehead atoms. The van der Waals surface area contributed by atoms with Crippen molar-refractivity contribution in [2.45, 2.75) is 32.2 Å². The van der Waals surface area contributed by atoms with Crippen LogP contribution in [0.2, 0.25) is 0 Å². The van der Waals surface area contributed by atoms with Crippen molar-refractivity contribution in [3.8, 4) is 0 Å². The van der Waals surface area contributed by atoms with Gasteiger partial charge in [-0.05, 0) is 12.8 Å². The number of rotatable bonds is 1. The highest BCUT2D eigenvalue weighted by Crippen LogP contribution is 2.24. The van der Waals surface area contributed by atoms with E-state index >= 15 is 0 Å². The first kappa shape index (κ1) is 5.89. The zero-order chi connectivity index (χ0) is 6.97. The molecule has 0 amide bonds. The van der Waals surface area contributed by atoms with Crippen LogP contribution >= 0.6 is 0 Å². The first-order chi connectivity index (χ1) is 4.92. The van der Waals surface area contributed by atoms with Gasteiger partial charge in [0.25, 0.3) is 0 Å². The van der Waals surface area contributed by atoms with Gasteiger partial charge in [-0.1, -0.05) is 6.92 Å². The Morgan fingerprint density at radius 3 is 3.50 bits per heavy atom. The van der Waals surface area contributed by atoms with Crippen molar-refractivity contribution in [1.29, 1.82) is 0 Å². The summed E-state index contributed by atoms with van der Waals surface area (Å²) >= 11 is 0. The summed E-state index contributed by atoms with van der Waals surface area (Å²) in [6.07, 6.45) is 5.17. The van der Waals surface area contributed by atoms with Gasteiger partial charge in [-0.2, -0.15) is 5.10 Å². The van der Waals surface area contributed by atoms with Gasteiger partial charge in [0.15, 0.2) is 0 Å². The molecule has 1 aliphatic rings. The first-order valence-corrected chi connectivity index (χ1v) is 3.80. The lowest BCUT2D eigenvalue weighted by molar-refractivity contribution is 0.465. The molecule has 0 spiro atoms. The molecule has 1 aliphatic heterocycles. The lowest BCUT2D eigenvalue weighted by atomic mass is 10.2. The van der Waals surface area contributed by atoms with Crippen molar-refractivity contribution < 1.29 is 0 Å². The Balaban J connectivity index is 2.34. The van der Waals surface area contributed by atoms with Crippen molar-refractivity contribution >= 4 is 0 Å². The smallest absolute Gasteiger partial charge is 0.138 e. The number of aromatic nitrogens is 3. The van der Waals surface area contributed by atoms with E-state index in [1.54, 1.807) is 6.33 Å². The fraction of sp³-hybridized carbons (Fsp3) is 0.714. The largest absolute Gasteiger partial charge is 0.247 e. The zero-order valence-corrected chi connectivity index (χ0v) is 6.12. The van der Waals surface area contributed by atoms with Crippen LogP contribution in [0.1, 0.15) is 31.6 Å². The van der Waals surface area contributed by atoms with Crippen molar-refractivity contribution in [2.75, 3.05) is 0 Å². The number of hydrogen-bond acceptors (Lipinski definition) is 2. The third-order valence-electron chi connectivity index (χ3n) is 2.17. The van der Waals surface area contributed by atoms with E-state index in [0.717, 1.165) is 12.2 Å². The first-order valence-electron chi connectivity index (χ1n) is 3.80. The van der Waals surface area contributed by atoms with E-state index in [1.165, 1.54) is 12.8 Å². The third-order valence-corrected chi connectivity index (χ3v) is 2.17. The molecule has 2 heterocycles. The van der Waals surface area contributed by atoms with Crippen molar-refractivity contribution in [2.24, 2.45) is 0 Å². The summed E-state index contributed by atoms with van der Waals surface area (Å²) in [6, 6.07) is 0.623. The van der Waals surface area contributed by atoms with Gasteiger partial charge < -0.3 is 0 Å². The van der Waals surface area contributed by atoms with Crippen LogP contribution in [-0.4, -0.2) is 14.8 Å². The lowest BCUT2D eigenvalue weighted by Gasteiger charge is -2.05. The predicted octanol–water partition coefficient (Wildman–Crippen LogP) is 1.18. The summed E-state index contributed by atoms with van der Waals surface area (Å²) < 4.78 is 2.06. The van der Waals surface area contributed by atoms with E-state index in [2.05, 4.69) is 21.7 Å². The van der Waals surface area contributed by atoms with Crippen molar-refractivity contribution in [3.63, 3.8) is 0 Å². The standard InChI is InChI=1S/C7H11N3/c1-2-6-3-4-7-8-5-9-10(6)7/h5-6H,2-4H2,1H3. The molecule has 3 heteroatoms. The monoisotopic (exact) mass is 137 g/mol. The van der Waals surface area contributed by atoms with Crippen molar-refractivity contribution in [3.05, 3.63) is 12.2 Å². The molecule has 0 saturated heterocycles. The van der Waals surface area contributed by atoms with Crippen molar-refractivity contribution in [1.82, 2.24) is 14.8 Å². The third kappa shape index (κ3) is 0.664. The minimum Gasteiger partial charge on any atom is -0.247 e. The average Bonchev–Trinajstić information content (AvgIpc) is 2.44. The molecule has 10 heavy (non-hydrogen) atoms. The highest BCUT2D eigenvalue weighted by molar-refractivity contribution is 4.94. The Morgan fingerprint density at radius 2 is 2.70 bits per heavy atom. The maximum Gasteiger partial charge on any atom is 0.138 e. The maximum atomic E-state index is 4.15. The van der Waals surface area contributed by atoms with Crippen LogP contribution < -0.4 is 0 Å². The zero-order valence-electron chi connectivity index (χ0n) is 6.12. The molecule has 1 aromatic heterocycles. The number of fused-ring (bicyclic) bond motifs is 1. The van der Waals surface area contributed by atoms with E-state index in [-0.39, 0.29) is 0 Å². The van der Waals surface area contributed by atoms with Crippen LogP contribution in [-0.2, 0) is 6.42 Å². The average molecular weight is 137 g/mol. The molecule has 54 valence electrons. The highest BCUT2D eigenvalue weighted by Gasteiger charge is 2.21. The van der Waals surface area contributed by atoms with Gasteiger partial charge in [0.1, 0.15) is 12.2 Å². The molecular weight excluding hydrogens is 126 g/mol. The lowest BCUT2D eigenvalue weighted by Crippen LogP contribution is -2.03. The summed E-state index contributed by atoms with van der Waals surface area (Å²) in [4.78, 5) is 4.15. The Bertz CT molecular complexity index is 229. The van der Waals surface area contributed by atoms with Crippen LogP contribution in [0.15, 0.2) is 6.33 Å². The van der Waals surface area contributed by atoms with E-state index in [1.807, 2.05) is 0 Å². The fourth-order valence-corrected chi connectivity index (χ4v) is 1.55. The Morgan fingerprint density at radius 1 is 1.80 bits per heavy atom. The van der Waals surface area contributed by atoms with Gasteiger partial charge >= 0.3 is 0 Å². The fourth-order valence-electron chi connectivity index (χ4n) is 1.55. The van der Waals surface area contributed by atoms with Gasteiger partial charge in [0.2, 0.25) is 0 Å². The molecule has 0 saturated carbocycles. The van der Waals surface area contributed by atoms with Gasteiger partial charge in [-0.25, -0.2) is 9.67 Å². The molecule has 1 atom stereocenters. The second-order valence-corrected chi connectivity index (χ2v) is 2.72. The topological polar surface area (TPSA) is 30.7 Å². The SMILES string of the molecule is CCC1CCc2ncnn21. The van der Waals surface area contributed by atoms with Gasteiger partial charge in [0, 0.05) is 6.42 Å². The highest BCUT2D eigenvalue weighted by atomic mass is 15.4. The second-order valence-electron chi connectivity index (χ2n) is 2.72. The minimum absolute atomic E-state index is 0.623. The molecule has 0 aliphatic carbocycles. The summed E-state index contributed by atoms with van der Waals surface area (Å²) in [6.45, 7) is 2.20. The Hall–Kier alpha value is -0.860. The molecule has 0 fully saturated rings. The van der Waals surface area contributed by atoms with Gasteiger partial charge in [-0.15, -0.1) is 0 Å². The summed E-state index contributed by atoms with van der Waals surface area (Å²) in [5.74, 6) is 1.16. The van der Waals surface area contributed by atoms with Crippen LogP contribution in [0, 0.1) is 0 Å². The van der Waals surface area contributed by atoms with Crippen LogP contribution in [0.25, 0.3) is 0 Å². The van der Waals surface area contributed by atoms with Gasteiger partial charge in [0.05, 0.1) is 6.04 Å². The Labute approximate surface area is 60.1 Å². The summed E-state index contributed by atoms with van der Waals surface area (Å²) in [5, 5.41) is 4.15. The molecule has 1 aromatic rings. The number of aryl methyl sites for hydroxylation is 1. The van der Waals surface area contributed by atoms with Crippen LogP contribution in [0.5, 0.6) is 0 Å². The van der Waals surface area contributed by atoms with E-state index in [9.17, 15) is 0 Å². The molecule has 3 nitrogen and oxygen atoms in total. The normalized spacial score (nSPS) is 23.1.